The number of likely N-dealkylation sites (tertiary alicyclic amines) is 1. The number of piperidine rings is 1. The van der Waals surface area contributed by atoms with Crippen molar-refractivity contribution in [2.75, 3.05) is 13.1 Å². The van der Waals surface area contributed by atoms with E-state index in [1.54, 1.807) is 29.4 Å². The number of rotatable bonds is 4. The van der Waals surface area contributed by atoms with Crippen LogP contribution in [0.4, 0.5) is 4.39 Å². The Morgan fingerprint density at radius 3 is 2.92 bits per heavy atom. The van der Waals surface area contributed by atoms with E-state index in [1.807, 2.05) is 0 Å². The molecule has 1 atom stereocenters. The van der Waals surface area contributed by atoms with Crippen molar-refractivity contribution in [2.24, 2.45) is 5.92 Å². The van der Waals surface area contributed by atoms with Gasteiger partial charge in [-0.25, -0.2) is 4.39 Å². The molecule has 1 aromatic heterocycles. The summed E-state index contributed by atoms with van der Waals surface area (Å²) in [5.74, 6) is 0.610. The van der Waals surface area contributed by atoms with Crippen LogP contribution in [-0.2, 0) is 6.42 Å². The minimum absolute atomic E-state index is 0.156. The second kappa shape index (κ2) is 7.11. The van der Waals surface area contributed by atoms with Gasteiger partial charge in [0.15, 0.2) is 0 Å². The molecule has 1 saturated heterocycles. The first-order valence-electron chi connectivity index (χ1n) is 8.48. The molecule has 3 rings (SSSR count). The second-order valence-corrected chi connectivity index (χ2v) is 6.69. The Hall–Kier alpha value is -2.24. The predicted octanol–water partition coefficient (Wildman–Crippen LogP) is 3.09. The van der Waals surface area contributed by atoms with Crippen molar-refractivity contribution in [2.45, 2.75) is 39.2 Å². The van der Waals surface area contributed by atoms with Gasteiger partial charge in [-0.15, -0.1) is 10.2 Å². The summed E-state index contributed by atoms with van der Waals surface area (Å²) in [6.07, 6.45) is 4.52. The average Bonchev–Trinajstić information content (AvgIpc) is 3.03. The number of carbonyl (C=O) groups excluding carboxylic acids is 1. The van der Waals surface area contributed by atoms with Crippen molar-refractivity contribution >= 4 is 5.91 Å². The maximum Gasteiger partial charge on any atom is 0.256 e. The Labute approximate surface area is 141 Å². The van der Waals surface area contributed by atoms with Crippen LogP contribution >= 0.6 is 0 Å². The molecule has 128 valence electrons. The van der Waals surface area contributed by atoms with Crippen LogP contribution in [-0.4, -0.2) is 38.7 Å². The third-order valence-electron chi connectivity index (χ3n) is 4.59. The summed E-state index contributed by atoms with van der Waals surface area (Å²) in [4.78, 5) is 14.4. The first-order valence-corrected chi connectivity index (χ1v) is 8.48. The van der Waals surface area contributed by atoms with Gasteiger partial charge in [-0.1, -0.05) is 12.1 Å². The van der Waals surface area contributed by atoms with Gasteiger partial charge in [0.2, 0.25) is 0 Å². The molecule has 1 aliphatic rings. The number of nitrogens with zero attached hydrogens (tertiary/aromatic N) is 4. The number of carbonyl (C=O) groups is 1. The zero-order valence-electron chi connectivity index (χ0n) is 14.2. The van der Waals surface area contributed by atoms with Crippen molar-refractivity contribution in [3.63, 3.8) is 0 Å². The molecule has 0 aliphatic carbocycles. The zero-order chi connectivity index (χ0) is 17.1. The summed E-state index contributed by atoms with van der Waals surface area (Å²) in [6.45, 7) is 5.52. The monoisotopic (exact) mass is 330 g/mol. The number of hydrogen-bond acceptors (Lipinski definition) is 3. The summed E-state index contributed by atoms with van der Waals surface area (Å²) in [5, 5.41) is 8.23. The fourth-order valence-electron chi connectivity index (χ4n) is 3.32. The average molecular weight is 330 g/mol. The summed E-state index contributed by atoms with van der Waals surface area (Å²) in [6, 6.07) is 6.50. The van der Waals surface area contributed by atoms with Crippen LogP contribution in [0.25, 0.3) is 0 Å². The number of amides is 1. The van der Waals surface area contributed by atoms with Crippen LogP contribution in [0.2, 0.25) is 0 Å². The quantitative estimate of drug-likeness (QED) is 0.865. The van der Waals surface area contributed by atoms with E-state index in [2.05, 4.69) is 28.6 Å². The van der Waals surface area contributed by atoms with Gasteiger partial charge in [0.25, 0.3) is 5.91 Å². The van der Waals surface area contributed by atoms with Gasteiger partial charge in [-0.05, 0) is 44.7 Å². The molecule has 1 fully saturated rings. The normalized spacial score (nSPS) is 18.2. The molecule has 6 heteroatoms. The maximum atomic E-state index is 13.9. The molecular weight excluding hydrogens is 307 g/mol. The minimum Gasteiger partial charge on any atom is -0.338 e. The van der Waals surface area contributed by atoms with Crippen molar-refractivity contribution in [3.05, 3.63) is 47.8 Å². The molecule has 2 heterocycles. The van der Waals surface area contributed by atoms with E-state index >= 15 is 0 Å². The Kier molecular flexibility index (Phi) is 4.92. The summed E-state index contributed by atoms with van der Waals surface area (Å²) >= 11 is 0. The van der Waals surface area contributed by atoms with E-state index in [-0.39, 0.29) is 11.5 Å². The maximum absolute atomic E-state index is 13.9. The molecule has 0 spiro atoms. The Balaban J connectivity index is 1.69. The molecule has 2 aromatic rings. The van der Waals surface area contributed by atoms with E-state index in [0.29, 0.717) is 25.0 Å². The largest absolute Gasteiger partial charge is 0.338 e. The third kappa shape index (κ3) is 3.47. The molecule has 0 radical (unpaired) electrons. The highest BCUT2D eigenvalue weighted by atomic mass is 19.1. The lowest BCUT2D eigenvalue weighted by Gasteiger charge is -2.33. The first kappa shape index (κ1) is 16.6. The molecule has 0 N–H and O–H groups in total. The van der Waals surface area contributed by atoms with Gasteiger partial charge >= 0.3 is 0 Å². The van der Waals surface area contributed by atoms with Crippen LogP contribution in [0.15, 0.2) is 30.6 Å². The smallest absolute Gasteiger partial charge is 0.256 e. The van der Waals surface area contributed by atoms with Crippen LogP contribution in [0.5, 0.6) is 0 Å². The molecular formula is C18H23FN4O. The van der Waals surface area contributed by atoms with Crippen LogP contribution in [0.1, 0.15) is 48.9 Å². The SMILES string of the molecule is CC(C)n1cnnc1CC1CCCN(C(=O)c2ccccc2F)C1. The Bertz CT molecular complexity index is 713. The molecule has 24 heavy (non-hydrogen) atoms. The molecule has 0 bridgehead atoms. The number of halogens is 1. The summed E-state index contributed by atoms with van der Waals surface area (Å²) < 4.78 is 15.9. The van der Waals surface area contributed by atoms with E-state index < -0.39 is 5.82 Å². The van der Waals surface area contributed by atoms with Crippen molar-refractivity contribution in [1.29, 1.82) is 0 Å². The molecule has 1 aliphatic heterocycles. The van der Waals surface area contributed by atoms with Crippen LogP contribution in [0, 0.1) is 11.7 Å². The lowest BCUT2D eigenvalue weighted by atomic mass is 9.93. The second-order valence-electron chi connectivity index (χ2n) is 6.69. The van der Waals surface area contributed by atoms with Gasteiger partial charge < -0.3 is 9.47 Å². The Morgan fingerprint density at radius 1 is 1.38 bits per heavy atom. The fourth-order valence-corrected chi connectivity index (χ4v) is 3.32. The van der Waals surface area contributed by atoms with Gasteiger partial charge in [-0.3, -0.25) is 4.79 Å². The standard InChI is InChI=1S/C18H23FN4O/c1-13(2)23-12-20-21-17(23)10-14-6-5-9-22(11-14)18(24)15-7-3-4-8-16(15)19/h3-4,7-8,12-14H,5-6,9-11H2,1-2H3. The van der Waals surface area contributed by atoms with E-state index in [4.69, 9.17) is 0 Å². The van der Waals surface area contributed by atoms with E-state index in [1.165, 1.54) is 6.07 Å². The van der Waals surface area contributed by atoms with E-state index in [9.17, 15) is 9.18 Å². The van der Waals surface area contributed by atoms with Gasteiger partial charge in [0, 0.05) is 25.6 Å². The highest BCUT2D eigenvalue weighted by molar-refractivity contribution is 5.94. The van der Waals surface area contributed by atoms with Crippen LogP contribution in [0.3, 0.4) is 0 Å². The van der Waals surface area contributed by atoms with Crippen LogP contribution < -0.4 is 0 Å². The lowest BCUT2D eigenvalue weighted by Crippen LogP contribution is -2.41. The highest BCUT2D eigenvalue weighted by Crippen LogP contribution is 2.23. The van der Waals surface area contributed by atoms with Gasteiger partial charge in [0.05, 0.1) is 5.56 Å². The van der Waals surface area contributed by atoms with Crippen molar-refractivity contribution in [3.8, 4) is 0 Å². The first-order chi connectivity index (χ1) is 11.6. The highest BCUT2D eigenvalue weighted by Gasteiger charge is 2.27. The molecule has 5 nitrogen and oxygen atoms in total. The fraction of sp³-hybridized carbons (Fsp3) is 0.500. The predicted molar refractivity (Wildman–Crippen MR) is 89.1 cm³/mol. The Morgan fingerprint density at radius 2 is 2.17 bits per heavy atom. The molecule has 0 saturated carbocycles. The molecule has 1 amide bonds. The van der Waals surface area contributed by atoms with Crippen molar-refractivity contribution < 1.29 is 9.18 Å². The van der Waals surface area contributed by atoms with Crippen molar-refractivity contribution in [1.82, 2.24) is 19.7 Å². The van der Waals surface area contributed by atoms with Gasteiger partial charge in [0.1, 0.15) is 18.0 Å². The summed E-state index contributed by atoms with van der Waals surface area (Å²) in [7, 11) is 0. The lowest BCUT2D eigenvalue weighted by molar-refractivity contribution is 0.0666. The van der Waals surface area contributed by atoms with E-state index in [0.717, 1.165) is 25.1 Å². The number of benzene rings is 1. The molecule has 1 aromatic carbocycles. The van der Waals surface area contributed by atoms with Gasteiger partial charge in [-0.2, -0.15) is 0 Å². The number of aromatic nitrogens is 3. The third-order valence-corrected chi connectivity index (χ3v) is 4.59. The summed E-state index contributed by atoms with van der Waals surface area (Å²) in [5.41, 5.74) is 0.156. The molecule has 1 unspecified atom stereocenters. The zero-order valence-corrected chi connectivity index (χ0v) is 14.2. The minimum atomic E-state index is -0.454. The topological polar surface area (TPSA) is 51.0 Å². The number of hydrogen-bond donors (Lipinski definition) is 0.